The van der Waals surface area contributed by atoms with Crippen molar-refractivity contribution in [2.24, 2.45) is 5.92 Å². The minimum Gasteiger partial charge on any atom is -0.478 e. The molecule has 0 radical (unpaired) electrons. The minimum atomic E-state index is -0.990. The standard InChI is InChI=1S/C14H18N2O3/c1-3-9(4-2)8-16-12-6-5-10(13(17)18)7-11(12)15-14(16)19/h5-7,9H,3-4,8H2,1-2H3,(H,15,19)(H,17,18). The molecule has 0 atom stereocenters. The quantitative estimate of drug-likeness (QED) is 0.869. The molecule has 0 saturated carbocycles. The number of carbonyl (C=O) groups is 1. The number of hydrogen-bond acceptors (Lipinski definition) is 2. The summed E-state index contributed by atoms with van der Waals surface area (Å²) in [5, 5.41) is 8.94. The lowest BCUT2D eigenvalue weighted by Gasteiger charge is -2.12. The van der Waals surface area contributed by atoms with E-state index < -0.39 is 5.97 Å². The molecule has 2 N–H and O–H groups in total. The van der Waals surface area contributed by atoms with Crippen molar-refractivity contribution in [3.63, 3.8) is 0 Å². The number of fused-ring (bicyclic) bond motifs is 1. The van der Waals surface area contributed by atoms with Gasteiger partial charge in [0.15, 0.2) is 0 Å². The third-order valence-electron chi connectivity index (χ3n) is 3.62. The third-order valence-corrected chi connectivity index (χ3v) is 3.62. The van der Waals surface area contributed by atoms with E-state index in [0.29, 0.717) is 18.0 Å². The van der Waals surface area contributed by atoms with E-state index in [1.165, 1.54) is 12.1 Å². The Hall–Kier alpha value is -2.04. The van der Waals surface area contributed by atoms with E-state index in [0.717, 1.165) is 18.4 Å². The highest BCUT2D eigenvalue weighted by molar-refractivity contribution is 5.92. The molecule has 0 aliphatic rings. The van der Waals surface area contributed by atoms with Crippen molar-refractivity contribution in [1.82, 2.24) is 9.55 Å². The molecule has 1 aromatic carbocycles. The van der Waals surface area contributed by atoms with Crippen LogP contribution in [0.25, 0.3) is 11.0 Å². The Morgan fingerprint density at radius 3 is 2.63 bits per heavy atom. The Bertz CT molecular complexity index is 650. The molecule has 2 rings (SSSR count). The summed E-state index contributed by atoms with van der Waals surface area (Å²) in [6.07, 6.45) is 2.03. The molecule has 2 aromatic rings. The van der Waals surface area contributed by atoms with Gasteiger partial charge in [0.2, 0.25) is 0 Å². The summed E-state index contributed by atoms with van der Waals surface area (Å²) < 4.78 is 1.69. The molecule has 1 aromatic heterocycles. The van der Waals surface area contributed by atoms with Gasteiger partial charge in [-0.15, -0.1) is 0 Å². The van der Waals surface area contributed by atoms with Gasteiger partial charge < -0.3 is 10.1 Å². The normalized spacial score (nSPS) is 11.3. The number of nitrogens with zero attached hydrogens (tertiary/aromatic N) is 1. The van der Waals surface area contributed by atoms with E-state index in [1.807, 2.05) is 0 Å². The van der Waals surface area contributed by atoms with Gasteiger partial charge in [-0.1, -0.05) is 26.7 Å². The number of aromatic amines is 1. The van der Waals surface area contributed by atoms with E-state index in [9.17, 15) is 9.59 Å². The summed E-state index contributed by atoms with van der Waals surface area (Å²) in [6, 6.07) is 4.73. The number of aromatic nitrogens is 2. The molecule has 0 aliphatic carbocycles. The maximum atomic E-state index is 11.9. The molecular formula is C14H18N2O3. The van der Waals surface area contributed by atoms with Gasteiger partial charge in [0.25, 0.3) is 0 Å². The number of imidazole rings is 1. The molecule has 5 heteroatoms. The van der Waals surface area contributed by atoms with Gasteiger partial charge in [0.1, 0.15) is 0 Å². The molecular weight excluding hydrogens is 244 g/mol. The summed E-state index contributed by atoms with van der Waals surface area (Å²) in [4.78, 5) is 25.6. The Balaban J connectivity index is 2.48. The number of H-pyrrole nitrogens is 1. The molecule has 0 spiro atoms. The largest absolute Gasteiger partial charge is 0.478 e. The van der Waals surface area contributed by atoms with Gasteiger partial charge in [-0.25, -0.2) is 9.59 Å². The predicted molar refractivity (Wildman–Crippen MR) is 73.6 cm³/mol. The average Bonchev–Trinajstić information content (AvgIpc) is 2.70. The van der Waals surface area contributed by atoms with Gasteiger partial charge in [-0.2, -0.15) is 0 Å². The fourth-order valence-corrected chi connectivity index (χ4v) is 2.28. The average molecular weight is 262 g/mol. The predicted octanol–water partition coefficient (Wildman–Crippen LogP) is 2.46. The van der Waals surface area contributed by atoms with E-state index >= 15 is 0 Å². The lowest BCUT2D eigenvalue weighted by Crippen LogP contribution is -2.21. The molecule has 0 fully saturated rings. The molecule has 0 amide bonds. The SMILES string of the molecule is CCC(CC)Cn1c(=O)[nH]c2cc(C(=O)O)ccc21. The first-order valence-corrected chi connectivity index (χ1v) is 6.52. The van der Waals surface area contributed by atoms with E-state index in [4.69, 9.17) is 5.11 Å². The highest BCUT2D eigenvalue weighted by Crippen LogP contribution is 2.16. The van der Waals surface area contributed by atoms with Crippen LogP contribution in [-0.2, 0) is 6.54 Å². The fraction of sp³-hybridized carbons (Fsp3) is 0.429. The number of aromatic carboxylic acids is 1. The van der Waals surface area contributed by atoms with Crippen LogP contribution < -0.4 is 5.69 Å². The van der Waals surface area contributed by atoms with Crippen molar-refractivity contribution >= 4 is 17.0 Å². The van der Waals surface area contributed by atoms with Crippen molar-refractivity contribution in [1.29, 1.82) is 0 Å². The zero-order valence-corrected chi connectivity index (χ0v) is 11.1. The van der Waals surface area contributed by atoms with Gasteiger partial charge in [0, 0.05) is 6.54 Å². The second-order valence-electron chi connectivity index (χ2n) is 4.76. The lowest BCUT2D eigenvalue weighted by atomic mass is 10.0. The second-order valence-corrected chi connectivity index (χ2v) is 4.76. The van der Waals surface area contributed by atoms with Crippen molar-refractivity contribution in [2.75, 3.05) is 0 Å². The van der Waals surface area contributed by atoms with Crippen LogP contribution in [0.15, 0.2) is 23.0 Å². The molecule has 0 unspecified atom stereocenters. The van der Waals surface area contributed by atoms with Crippen LogP contribution in [0, 0.1) is 5.92 Å². The summed E-state index contributed by atoms with van der Waals surface area (Å²) in [5.41, 5.74) is 1.35. The highest BCUT2D eigenvalue weighted by atomic mass is 16.4. The van der Waals surface area contributed by atoms with Gasteiger partial charge in [-0.3, -0.25) is 4.57 Å². The molecule has 0 saturated heterocycles. The van der Waals surface area contributed by atoms with Gasteiger partial charge in [-0.05, 0) is 24.1 Å². The van der Waals surface area contributed by atoms with E-state index in [-0.39, 0.29) is 11.3 Å². The zero-order valence-electron chi connectivity index (χ0n) is 11.1. The van der Waals surface area contributed by atoms with Crippen LogP contribution in [0.1, 0.15) is 37.0 Å². The number of benzene rings is 1. The third kappa shape index (κ3) is 2.54. The van der Waals surface area contributed by atoms with Crippen molar-refractivity contribution in [3.8, 4) is 0 Å². The van der Waals surface area contributed by atoms with Crippen LogP contribution in [-0.4, -0.2) is 20.6 Å². The van der Waals surface area contributed by atoms with Crippen LogP contribution in [0.2, 0.25) is 0 Å². The Labute approximate surface area is 110 Å². The Morgan fingerprint density at radius 2 is 2.05 bits per heavy atom. The van der Waals surface area contributed by atoms with E-state index in [1.54, 1.807) is 10.6 Å². The number of carboxylic acid groups (broad SMARTS) is 1. The van der Waals surface area contributed by atoms with Crippen LogP contribution in [0.3, 0.4) is 0 Å². The zero-order chi connectivity index (χ0) is 14.0. The summed E-state index contributed by atoms with van der Waals surface area (Å²) >= 11 is 0. The first kappa shape index (κ1) is 13.4. The number of nitrogens with one attached hydrogen (secondary N) is 1. The number of hydrogen-bond donors (Lipinski definition) is 2. The maximum Gasteiger partial charge on any atom is 0.335 e. The van der Waals surface area contributed by atoms with E-state index in [2.05, 4.69) is 18.8 Å². The second kappa shape index (κ2) is 5.30. The molecule has 5 nitrogen and oxygen atoms in total. The van der Waals surface area contributed by atoms with Crippen LogP contribution in [0.4, 0.5) is 0 Å². The fourth-order valence-electron chi connectivity index (χ4n) is 2.28. The smallest absolute Gasteiger partial charge is 0.335 e. The van der Waals surface area contributed by atoms with Gasteiger partial charge in [0.05, 0.1) is 16.6 Å². The van der Waals surface area contributed by atoms with Crippen molar-refractivity contribution in [2.45, 2.75) is 33.2 Å². The lowest BCUT2D eigenvalue weighted by molar-refractivity contribution is 0.0697. The monoisotopic (exact) mass is 262 g/mol. The molecule has 102 valence electrons. The first-order chi connectivity index (χ1) is 9.06. The molecule has 19 heavy (non-hydrogen) atoms. The van der Waals surface area contributed by atoms with Crippen LogP contribution in [0.5, 0.6) is 0 Å². The van der Waals surface area contributed by atoms with Gasteiger partial charge >= 0.3 is 11.7 Å². The Morgan fingerprint density at radius 1 is 1.37 bits per heavy atom. The number of carboxylic acids is 1. The van der Waals surface area contributed by atoms with Crippen molar-refractivity contribution < 1.29 is 9.90 Å². The molecule has 1 heterocycles. The highest BCUT2D eigenvalue weighted by Gasteiger charge is 2.13. The number of rotatable bonds is 5. The maximum absolute atomic E-state index is 11.9. The first-order valence-electron chi connectivity index (χ1n) is 6.52. The Kier molecular flexibility index (Phi) is 3.74. The van der Waals surface area contributed by atoms with Crippen molar-refractivity contribution in [3.05, 3.63) is 34.2 Å². The van der Waals surface area contributed by atoms with Crippen LogP contribution >= 0.6 is 0 Å². The summed E-state index contributed by atoms with van der Waals surface area (Å²) in [6.45, 7) is 4.88. The molecule has 0 bridgehead atoms. The summed E-state index contributed by atoms with van der Waals surface area (Å²) in [7, 11) is 0. The minimum absolute atomic E-state index is 0.176. The summed E-state index contributed by atoms with van der Waals surface area (Å²) in [5.74, 6) is -0.536. The molecule has 0 aliphatic heterocycles. The topological polar surface area (TPSA) is 75.1 Å².